The van der Waals surface area contributed by atoms with Crippen LogP contribution in [0.15, 0.2) is 24.3 Å². The third-order valence-electron chi connectivity index (χ3n) is 5.18. The second-order valence-corrected chi connectivity index (χ2v) is 8.94. The number of likely N-dealkylation sites (tertiary alicyclic amines) is 1. The molecule has 1 heterocycles. The number of alkyl carbamates (subject to hydrolysis) is 1. The number of ether oxygens (including phenoxy) is 2. The Morgan fingerprint density at radius 2 is 1.74 bits per heavy atom. The number of nitrogens with zero attached hydrogens (tertiary/aromatic N) is 1. The second-order valence-electron chi connectivity index (χ2n) is 8.94. The summed E-state index contributed by atoms with van der Waals surface area (Å²) in [5.41, 5.74) is 0.342. The van der Waals surface area contributed by atoms with E-state index in [4.69, 9.17) is 9.47 Å². The zero-order valence-corrected chi connectivity index (χ0v) is 19.2. The Hall–Kier alpha value is -2.77. The van der Waals surface area contributed by atoms with Crippen molar-refractivity contribution in [2.75, 3.05) is 26.7 Å². The average molecular weight is 434 g/mol. The number of hydrogen-bond donors (Lipinski definition) is 2. The van der Waals surface area contributed by atoms with Crippen molar-refractivity contribution < 1.29 is 23.9 Å². The number of amides is 3. The molecule has 0 aliphatic carbocycles. The van der Waals surface area contributed by atoms with Gasteiger partial charge in [0.15, 0.2) is 0 Å². The lowest BCUT2D eigenvalue weighted by atomic mass is 9.95. The first-order chi connectivity index (χ1) is 14.6. The summed E-state index contributed by atoms with van der Waals surface area (Å²) < 4.78 is 10.4. The maximum atomic E-state index is 12.9. The Bertz CT molecular complexity index is 749. The molecule has 1 aromatic rings. The fourth-order valence-corrected chi connectivity index (χ4v) is 3.57. The van der Waals surface area contributed by atoms with Gasteiger partial charge in [-0.15, -0.1) is 0 Å². The van der Waals surface area contributed by atoms with Crippen molar-refractivity contribution in [3.63, 3.8) is 0 Å². The van der Waals surface area contributed by atoms with Crippen molar-refractivity contribution in [3.05, 3.63) is 29.8 Å². The Balaban J connectivity index is 1.85. The fourth-order valence-electron chi connectivity index (χ4n) is 3.57. The lowest BCUT2D eigenvalue weighted by molar-refractivity contribution is -0.133. The summed E-state index contributed by atoms with van der Waals surface area (Å²) in [6.07, 6.45) is 1.42. The third kappa shape index (κ3) is 8.47. The third-order valence-corrected chi connectivity index (χ3v) is 5.18. The molecular weight excluding hydrogens is 398 g/mol. The Kier molecular flexibility index (Phi) is 8.71. The summed E-state index contributed by atoms with van der Waals surface area (Å²) in [5, 5.41) is 5.69. The van der Waals surface area contributed by atoms with Crippen LogP contribution in [0.1, 0.15) is 58.6 Å². The number of carbonyl (C=O) groups is 3. The van der Waals surface area contributed by atoms with E-state index in [0.717, 1.165) is 24.2 Å². The van der Waals surface area contributed by atoms with E-state index in [2.05, 4.69) is 10.6 Å². The van der Waals surface area contributed by atoms with E-state index in [1.54, 1.807) is 7.11 Å². The molecule has 2 N–H and O–H groups in total. The van der Waals surface area contributed by atoms with E-state index in [9.17, 15) is 14.4 Å². The van der Waals surface area contributed by atoms with Gasteiger partial charge in [0, 0.05) is 26.6 Å². The highest BCUT2D eigenvalue weighted by molar-refractivity contribution is 5.79. The van der Waals surface area contributed by atoms with Gasteiger partial charge >= 0.3 is 6.09 Å². The maximum Gasteiger partial charge on any atom is 0.407 e. The Morgan fingerprint density at radius 3 is 2.26 bits per heavy atom. The van der Waals surface area contributed by atoms with Crippen LogP contribution in [0, 0.1) is 5.92 Å². The topological polar surface area (TPSA) is 97.0 Å². The van der Waals surface area contributed by atoms with Crippen LogP contribution in [-0.4, -0.2) is 55.2 Å². The molecule has 2 rings (SSSR count). The molecule has 1 saturated heterocycles. The predicted octanol–water partition coefficient (Wildman–Crippen LogP) is 3.03. The zero-order chi connectivity index (χ0) is 23.0. The molecule has 3 amide bonds. The van der Waals surface area contributed by atoms with E-state index in [-0.39, 0.29) is 24.3 Å². The normalized spacial score (nSPS) is 15.7. The lowest BCUT2D eigenvalue weighted by Crippen LogP contribution is -2.43. The SMILES string of the molecule is COc1ccc(C(CC(=O)N2CCC(CNC(=O)OC(C)(C)C)CC2)NC(C)=O)cc1. The molecule has 0 radical (unpaired) electrons. The van der Waals surface area contributed by atoms with E-state index in [1.807, 2.05) is 49.9 Å². The first-order valence-corrected chi connectivity index (χ1v) is 10.7. The molecule has 31 heavy (non-hydrogen) atoms. The van der Waals surface area contributed by atoms with Crippen LogP contribution in [0.3, 0.4) is 0 Å². The van der Waals surface area contributed by atoms with Crippen LogP contribution < -0.4 is 15.4 Å². The molecule has 0 bridgehead atoms. The number of benzene rings is 1. The number of piperidine rings is 1. The lowest BCUT2D eigenvalue weighted by Gasteiger charge is -2.33. The van der Waals surface area contributed by atoms with E-state index in [0.29, 0.717) is 25.6 Å². The minimum absolute atomic E-state index is 0.00752. The highest BCUT2D eigenvalue weighted by Crippen LogP contribution is 2.23. The van der Waals surface area contributed by atoms with Crippen LogP contribution in [0.4, 0.5) is 4.79 Å². The van der Waals surface area contributed by atoms with Gasteiger partial charge in [0.05, 0.1) is 19.6 Å². The van der Waals surface area contributed by atoms with Gasteiger partial charge in [-0.2, -0.15) is 0 Å². The number of nitrogens with one attached hydrogen (secondary N) is 2. The fraction of sp³-hybridized carbons (Fsp3) is 0.609. The summed E-state index contributed by atoms with van der Waals surface area (Å²) in [5.74, 6) is 0.858. The number of methoxy groups -OCH3 is 1. The summed E-state index contributed by atoms with van der Waals surface area (Å²) in [4.78, 5) is 38.2. The first kappa shape index (κ1) is 24.5. The van der Waals surface area contributed by atoms with Crippen LogP contribution in [0.25, 0.3) is 0 Å². The Labute approximate surface area is 184 Å². The van der Waals surface area contributed by atoms with Gasteiger partial charge in [-0.25, -0.2) is 4.79 Å². The number of carbonyl (C=O) groups excluding carboxylic acids is 3. The molecule has 0 aromatic heterocycles. The molecule has 172 valence electrons. The van der Waals surface area contributed by atoms with Crippen molar-refractivity contribution in [3.8, 4) is 5.75 Å². The predicted molar refractivity (Wildman–Crippen MR) is 118 cm³/mol. The Morgan fingerprint density at radius 1 is 1.13 bits per heavy atom. The average Bonchev–Trinajstić information content (AvgIpc) is 2.70. The number of rotatable bonds is 7. The molecule has 8 nitrogen and oxygen atoms in total. The summed E-state index contributed by atoms with van der Waals surface area (Å²) in [7, 11) is 1.59. The van der Waals surface area contributed by atoms with Crippen molar-refractivity contribution in [2.45, 2.75) is 58.6 Å². The van der Waals surface area contributed by atoms with Gasteiger partial charge in [-0.05, 0) is 57.2 Å². The van der Waals surface area contributed by atoms with Gasteiger partial charge < -0.3 is 25.0 Å². The molecule has 8 heteroatoms. The van der Waals surface area contributed by atoms with Crippen molar-refractivity contribution in [1.29, 1.82) is 0 Å². The largest absolute Gasteiger partial charge is 0.497 e. The van der Waals surface area contributed by atoms with E-state index in [1.165, 1.54) is 6.92 Å². The molecule has 1 aromatic carbocycles. The minimum Gasteiger partial charge on any atom is -0.497 e. The van der Waals surface area contributed by atoms with Gasteiger partial charge in [-0.3, -0.25) is 9.59 Å². The number of hydrogen-bond acceptors (Lipinski definition) is 5. The van der Waals surface area contributed by atoms with Gasteiger partial charge in [0.2, 0.25) is 11.8 Å². The highest BCUT2D eigenvalue weighted by Gasteiger charge is 2.26. The van der Waals surface area contributed by atoms with Gasteiger partial charge in [-0.1, -0.05) is 12.1 Å². The van der Waals surface area contributed by atoms with E-state index < -0.39 is 11.7 Å². The second kappa shape index (κ2) is 11.0. The van der Waals surface area contributed by atoms with Crippen LogP contribution in [0.2, 0.25) is 0 Å². The summed E-state index contributed by atoms with van der Waals surface area (Å²) in [6.45, 7) is 8.75. The zero-order valence-electron chi connectivity index (χ0n) is 19.2. The quantitative estimate of drug-likeness (QED) is 0.689. The van der Waals surface area contributed by atoms with Crippen LogP contribution >= 0.6 is 0 Å². The monoisotopic (exact) mass is 433 g/mol. The molecule has 1 fully saturated rings. The standard InChI is InChI=1S/C23H35N3O5/c1-16(27)25-20(18-6-8-19(30-5)9-7-18)14-21(28)26-12-10-17(11-13-26)15-24-22(29)31-23(2,3)4/h6-9,17,20H,10-15H2,1-5H3,(H,24,29)(H,25,27). The molecule has 1 unspecified atom stereocenters. The van der Waals surface area contributed by atoms with E-state index >= 15 is 0 Å². The maximum absolute atomic E-state index is 12.9. The molecule has 0 saturated carbocycles. The first-order valence-electron chi connectivity index (χ1n) is 10.7. The van der Waals surface area contributed by atoms with Crippen molar-refractivity contribution >= 4 is 17.9 Å². The van der Waals surface area contributed by atoms with Crippen molar-refractivity contribution in [1.82, 2.24) is 15.5 Å². The van der Waals surface area contributed by atoms with Crippen LogP contribution in [-0.2, 0) is 14.3 Å². The molecule has 1 atom stereocenters. The minimum atomic E-state index is -0.520. The van der Waals surface area contributed by atoms with Gasteiger partial charge in [0.25, 0.3) is 0 Å². The highest BCUT2D eigenvalue weighted by atomic mass is 16.6. The van der Waals surface area contributed by atoms with Crippen molar-refractivity contribution in [2.24, 2.45) is 5.92 Å². The van der Waals surface area contributed by atoms with Crippen LogP contribution in [0.5, 0.6) is 5.75 Å². The smallest absolute Gasteiger partial charge is 0.407 e. The molecular formula is C23H35N3O5. The molecule has 1 aliphatic heterocycles. The summed E-state index contributed by atoms with van der Waals surface area (Å²) in [6, 6.07) is 6.97. The van der Waals surface area contributed by atoms with Gasteiger partial charge in [0.1, 0.15) is 11.4 Å². The summed E-state index contributed by atoms with van der Waals surface area (Å²) >= 11 is 0. The molecule has 1 aliphatic rings. The molecule has 0 spiro atoms.